The molecule has 1 amide bonds. The van der Waals surface area contributed by atoms with Gasteiger partial charge in [-0.25, -0.2) is 4.79 Å². The maximum absolute atomic E-state index is 11.8. The summed E-state index contributed by atoms with van der Waals surface area (Å²) in [4.78, 5) is 23.1. The number of rotatable bonds is 5. The van der Waals surface area contributed by atoms with Crippen LogP contribution in [0.3, 0.4) is 0 Å². The van der Waals surface area contributed by atoms with Crippen molar-refractivity contribution in [3.05, 3.63) is 24.3 Å². The number of hydrogen-bond donors (Lipinski definition) is 1. The van der Waals surface area contributed by atoms with E-state index < -0.39 is 12.1 Å². The van der Waals surface area contributed by atoms with Gasteiger partial charge in [0.2, 0.25) is 6.10 Å². The number of para-hydroxylation sites is 2. The molecule has 0 fully saturated rings. The standard InChI is InChI=1S/C14H17NO5/c1-2-7-15-13(16)9-19-14(17)12-8-18-10-5-3-4-6-11(10)20-12/h3-6,12H,2,7-9H2,1H3,(H,15,16)/t12-/m1/s1. The third-order valence-corrected chi connectivity index (χ3v) is 2.69. The maximum Gasteiger partial charge on any atom is 0.351 e. The molecule has 0 aromatic heterocycles. The first kappa shape index (κ1) is 14.2. The zero-order chi connectivity index (χ0) is 14.4. The Morgan fingerprint density at radius 1 is 1.35 bits per heavy atom. The van der Waals surface area contributed by atoms with E-state index in [0.717, 1.165) is 6.42 Å². The van der Waals surface area contributed by atoms with E-state index in [1.807, 2.05) is 13.0 Å². The molecule has 1 atom stereocenters. The second-order valence-corrected chi connectivity index (χ2v) is 4.32. The number of nitrogens with one attached hydrogen (secondary N) is 1. The number of carbonyl (C=O) groups excluding carboxylic acids is 2. The summed E-state index contributed by atoms with van der Waals surface area (Å²) in [5.41, 5.74) is 0. The summed E-state index contributed by atoms with van der Waals surface area (Å²) in [6, 6.07) is 7.07. The van der Waals surface area contributed by atoms with Crippen molar-refractivity contribution >= 4 is 11.9 Å². The number of ether oxygens (including phenoxy) is 3. The minimum absolute atomic E-state index is 0.0758. The predicted molar refractivity (Wildman–Crippen MR) is 70.6 cm³/mol. The van der Waals surface area contributed by atoms with Crippen LogP contribution in [0.4, 0.5) is 0 Å². The van der Waals surface area contributed by atoms with Gasteiger partial charge < -0.3 is 19.5 Å². The summed E-state index contributed by atoms with van der Waals surface area (Å²) in [5, 5.41) is 2.62. The lowest BCUT2D eigenvalue weighted by atomic mass is 10.2. The van der Waals surface area contributed by atoms with Gasteiger partial charge in [0.15, 0.2) is 18.1 Å². The molecule has 6 heteroatoms. The first-order chi connectivity index (χ1) is 9.70. The number of fused-ring (bicyclic) bond motifs is 1. The van der Waals surface area contributed by atoms with Gasteiger partial charge in [0.1, 0.15) is 6.61 Å². The van der Waals surface area contributed by atoms with Gasteiger partial charge in [0.25, 0.3) is 5.91 Å². The van der Waals surface area contributed by atoms with Crippen molar-refractivity contribution in [3.8, 4) is 11.5 Å². The van der Waals surface area contributed by atoms with Gasteiger partial charge in [-0.05, 0) is 18.6 Å². The predicted octanol–water partition coefficient (Wildman–Crippen LogP) is 0.896. The molecule has 1 aromatic carbocycles. The first-order valence-electron chi connectivity index (χ1n) is 6.52. The van der Waals surface area contributed by atoms with Crippen molar-refractivity contribution in [2.45, 2.75) is 19.4 Å². The molecule has 0 saturated carbocycles. The molecule has 0 radical (unpaired) electrons. The second-order valence-electron chi connectivity index (χ2n) is 4.32. The van der Waals surface area contributed by atoms with Crippen molar-refractivity contribution in [2.75, 3.05) is 19.8 Å². The highest BCUT2D eigenvalue weighted by atomic mass is 16.6. The average molecular weight is 279 g/mol. The molecule has 1 aliphatic heterocycles. The fourth-order valence-electron chi connectivity index (χ4n) is 1.68. The van der Waals surface area contributed by atoms with E-state index in [2.05, 4.69) is 5.32 Å². The molecule has 0 aliphatic carbocycles. The molecule has 0 spiro atoms. The van der Waals surface area contributed by atoms with Gasteiger partial charge in [0.05, 0.1) is 0 Å². The van der Waals surface area contributed by atoms with Crippen LogP contribution in [0.2, 0.25) is 0 Å². The quantitative estimate of drug-likeness (QED) is 0.810. The molecule has 1 aliphatic rings. The Morgan fingerprint density at radius 3 is 2.85 bits per heavy atom. The van der Waals surface area contributed by atoms with Gasteiger partial charge in [-0.2, -0.15) is 0 Å². The van der Waals surface area contributed by atoms with Crippen LogP contribution in [-0.4, -0.2) is 37.7 Å². The van der Waals surface area contributed by atoms with Crippen molar-refractivity contribution in [2.24, 2.45) is 0 Å². The first-order valence-corrected chi connectivity index (χ1v) is 6.52. The Bertz CT molecular complexity index is 488. The van der Waals surface area contributed by atoms with E-state index in [9.17, 15) is 9.59 Å². The van der Waals surface area contributed by atoms with Crippen LogP contribution in [0.5, 0.6) is 11.5 Å². The smallest absolute Gasteiger partial charge is 0.351 e. The largest absolute Gasteiger partial charge is 0.485 e. The second kappa shape index (κ2) is 6.79. The molecular weight excluding hydrogens is 262 g/mol. The highest BCUT2D eigenvalue weighted by molar-refractivity contribution is 5.82. The van der Waals surface area contributed by atoms with Crippen LogP contribution >= 0.6 is 0 Å². The van der Waals surface area contributed by atoms with E-state index in [-0.39, 0.29) is 19.1 Å². The van der Waals surface area contributed by atoms with E-state index in [0.29, 0.717) is 18.0 Å². The topological polar surface area (TPSA) is 73.9 Å². The van der Waals surface area contributed by atoms with Gasteiger partial charge >= 0.3 is 5.97 Å². The summed E-state index contributed by atoms with van der Waals surface area (Å²) < 4.78 is 15.8. The normalized spacial score (nSPS) is 16.4. The van der Waals surface area contributed by atoms with E-state index >= 15 is 0 Å². The number of hydrogen-bond acceptors (Lipinski definition) is 5. The third-order valence-electron chi connectivity index (χ3n) is 2.69. The number of benzene rings is 1. The summed E-state index contributed by atoms with van der Waals surface area (Å²) in [5.74, 6) is 0.164. The molecule has 0 bridgehead atoms. The van der Waals surface area contributed by atoms with Gasteiger partial charge in [-0.15, -0.1) is 0 Å². The van der Waals surface area contributed by atoms with Crippen LogP contribution in [0.1, 0.15) is 13.3 Å². The molecule has 0 unspecified atom stereocenters. The van der Waals surface area contributed by atoms with Crippen LogP contribution < -0.4 is 14.8 Å². The number of carbonyl (C=O) groups is 2. The Hall–Kier alpha value is -2.24. The average Bonchev–Trinajstić information content (AvgIpc) is 2.50. The summed E-state index contributed by atoms with van der Waals surface area (Å²) in [6.07, 6.45) is -0.0142. The fraction of sp³-hybridized carbons (Fsp3) is 0.429. The Labute approximate surface area is 117 Å². The van der Waals surface area contributed by atoms with Crippen LogP contribution in [-0.2, 0) is 14.3 Å². The minimum Gasteiger partial charge on any atom is -0.485 e. The highest BCUT2D eigenvalue weighted by Gasteiger charge is 2.28. The molecule has 108 valence electrons. The van der Waals surface area contributed by atoms with E-state index in [1.54, 1.807) is 18.2 Å². The van der Waals surface area contributed by atoms with Gasteiger partial charge in [0, 0.05) is 6.54 Å². The van der Waals surface area contributed by atoms with Crippen LogP contribution in [0.25, 0.3) is 0 Å². The number of amides is 1. The molecular formula is C14H17NO5. The van der Waals surface area contributed by atoms with Crippen molar-refractivity contribution in [3.63, 3.8) is 0 Å². The molecule has 20 heavy (non-hydrogen) atoms. The Balaban J connectivity index is 1.81. The molecule has 1 heterocycles. The number of esters is 1. The van der Waals surface area contributed by atoms with Crippen LogP contribution in [0, 0.1) is 0 Å². The zero-order valence-corrected chi connectivity index (χ0v) is 11.3. The third kappa shape index (κ3) is 3.63. The van der Waals surface area contributed by atoms with E-state index in [4.69, 9.17) is 14.2 Å². The highest BCUT2D eigenvalue weighted by Crippen LogP contribution is 2.30. The summed E-state index contributed by atoms with van der Waals surface area (Å²) in [7, 11) is 0. The zero-order valence-electron chi connectivity index (χ0n) is 11.3. The SMILES string of the molecule is CCCNC(=O)COC(=O)[C@H]1COc2ccccc2O1. The van der Waals surface area contributed by atoms with Crippen molar-refractivity contribution in [1.29, 1.82) is 0 Å². The van der Waals surface area contributed by atoms with Gasteiger partial charge in [-0.3, -0.25) is 4.79 Å². The minimum atomic E-state index is -0.844. The Morgan fingerprint density at radius 2 is 2.10 bits per heavy atom. The fourth-order valence-corrected chi connectivity index (χ4v) is 1.68. The van der Waals surface area contributed by atoms with E-state index in [1.165, 1.54) is 0 Å². The lowest BCUT2D eigenvalue weighted by Crippen LogP contribution is -2.39. The monoisotopic (exact) mass is 279 g/mol. The lowest BCUT2D eigenvalue weighted by Gasteiger charge is -2.24. The molecule has 6 nitrogen and oxygen atoms in total. The Kier molecular flexibility index (Phi) is 4.81. The summed E-state index contributed by atoms with van der Waals surface area (Å²) >= 11 is 0. The van der Waals surface area contributed by atoms with Crippen molar-refractivity contribution < 1.29 is 23.8 Å². The molecule has 1 N–H and O–H groups in total. The van der Waals surface area contributed by atoms with Gasteiger partial charge in [-0.1, -0.05) is 19.1 Å². The maximum atomic E-state index is 11.8. The summed E-state index contributed by atoms with van der Waals surface area (Å²) in [6.45, 7) is 2.27. The molecule has 0 saturated heterocycles. The van der Waals surface area contributed by atoms with Crippen molar-refractivity contribution in [1.82, 2.24) is 5.32 Å². The molecule has 2 rings (SSSR count). The van der Waals surface area contributed by atoms with Crippen LogP contribution in [0.15, 0.2) is 24.3 Å². The lowest BCUT2D eigenvalue weighted by molar-refractivity contribution is -0.157. The molecule has 1 aromatic rings.